The molecule has 1 aromatic heterocycles. The molecule has 2 aromatic carbocycles. The van der Waals surface area contributed by atoms with Crippen LogP contribution in [0.5, 0.6) is 0 Å². The smallest absolute Gasteiger partial charge is 0.287 e. The number of carbonyl (C=O) groups is 1. The Kier molecular flexibility index (Phi) is 3.62. The third kappa shape index (κ3) is 2.90. The zero-order valence-electron chi connectivity index (χ0n) is 10.9. The van der Waals surface area contributed by atoms with Crippen molar-refractivity contribution in [3.8, 4) is 0 Å². The van der Waals surface area contributed by atoms with Crippen LogP contribution in [0, 0.1) is 5.82 Å². The lowest BCUT2D eigenvalue weighted by Gasteiger charge is -2.04. The van der Waals surface area contributed by atoms with Crippen LogP contribution in [0.25, 0.3) is 11.0 Å². The summed E-state index contributed by atoms with van der Waals surface area (Å²) in [5.41, 5.74) is 1.00. The SMILES string of the molecule is O=C(NCc1ccccc1F)c1cc2cc(Cl)ccc2o1. The molecule has 1 amide bonds. The van der Waals surface area contributed by atoms with Gasteiger partial charge in [0.25, 0.3) is 5.91 Å². The minimum absolute atomic E-state index is 0.101. The van der Waals surface area contributed by atoms with Gasteiger partial charge in [0, 0.05) is 22.5 Å². The van der Waals surface area contributed by atoms with E-state index in [9.17, 15) is 9.18 Å². The Morgan fingerprint density at radius 1 is 1.19 bits per heavy atom. The standard InChI is InChI=1S/C16H11ClFNO2/c17-12-5-6-14-11(7-12)8-15(21-14)16(20)19-9-10-3-1-2-4-13(10)18/h1-8H,9H2,(H,19,20). The Labute approximate surface area is 125 Å². The number of rotatable bonds is 3. The van der Waals surface area contributed by atoms with Gasteiger partial charge in [0.2, 0.25) is 0 Å². The Balaban J connectivity index is 1.76. The predicted molar refractivity (Wildman–Crippen MR) is 78.8 cm³/mol. The summed E-state index contributed by atoms with van der Waals surface area (Å²) in [6.07, 6.45) is 0. The summed E-state index contributed by atoms with van der Waals surface area (Å²) < 4.78 is 18.9. The van der Waals surface area contributed by atoms with Crippen molar-refractivity contribution in [2.75, 3.05) is 0 Å². The molecule has 0 aliphatic rings. The van der Waals surface area contributed by atoms with Gasteiger partial charge in [-0.2, -0.15) is 0 Å². The van der Waals surface area contributed by atoms with Crippen LogP contribution in [0.4, 0.5) is 4.39 Å². The maximum Gasteiger partial charge on any atom is 0.287 e. The lowest BCUT2D eigenvalue weighted by molar-refractivity contribution is 0.0925. The molecule has 0 atom stereocenters. The molecule has 0 saturated heterocycles. The van der Waals surface area contributed by atoms with Gasteiger partial charge in [0.1, 0.15) is 11.4 Å². The first-order valence-corrected chi connectivity index (χ1v) is 6.72. The molecule has 0 radical (unpaired) electrons. The molecule has 0 saturated carbocycles. The lowest BCUT2D eigenvalue weighted by atomic mass is 10.2. The number of furan rings is 1. The highest BCUT2D eigenvalue weighted by molar-refractivity contribution is 6.31. The quantitative estimate of drug-likeness (QED) is 0.789. The normalized spacial score (nSPS) is 10.8. The first-order valence-electron chi connectivity index (χ1n) is 6.34. The van der Waals surface area contributed by atoms with Crippen LogP contribution in [-0.4, -0.2) is 5.91 Å². The molecule has 21 heavy (non-hydrogen) atoms. The number of amides is 1. The summed E-state index contributed by atoms with van der Waals surface area (Å²) in [5, 5.41) is 3.95. The van der Waals surface area contributed by atoms with Crippen molar-refractivity contribution in [2.24, 2.45) is 0 Å². The van der Waals surface area contributed by atoms with Crippen molar-refractivity contribution in [1.82, 2.24) is 5.32 Å². The summed E-state index contributed by atoms with van der Waals surface area (Å²) in [6.45, 7) is 0.101. The number of nitrogens with one attached hydrogen (secondary N) is 1. The summed E-state index contributed by atoms with van der Waals surface area (Å²) in [4.78, 5) is 12.0. The van der Waals surface area contributed by atoms with Crippen LogP contribution < -0.4 is 5.32 Å². The highest BCUT2D eigenvalue weighted by atomic mass is 35.5. The average Bonchev–Trinajstić information content (AvgIpc) is 2.89. The number of benzene rings is 2. The molecule has 0 fully saturated rings. The number of carbonyl (C=O) groups excluding carboxylic acids is 1. The van der Waals surface area contributed by atoms with Crippen LogP contribution in [0.2, 0.25) is 5.02 Å². The first kappa shape index (κ1) is 13.6. The highest BCUT2D eigenvalue weighted by Gasteiger charge is 2.13. The zero-order chi connectivity index (χ0) is 14.8. The second-order valence-corrected chi connectivity index (χ2v) is 5.00. The third-order valence-electron chi connectivity index (χ3n) is 3.10. The second kappa shape index (κ2) is 5.58. The minimum Gasteiger partial charge on any atom is -0.451 e. The van der Waals surface area contributed by atoms with Crippen molar-refractivity contribution >= 4 is 28.5 Å². The van der Waals surface area contributed by atoms with Gasteiger partial charge in [-0.25, -0.2) is 4.39 Å². The van der Waals surface area contributed by atoms with Crippen molar-refractivity contribution in [1.29, 1.82) is 0 Å². The molecule has 0 unspecified atom stereocenters. The monoisotopic (exact) mass is 303 g/mol. The Bertz CT molecular complexity index is 813. The van der Waals surface area contributed by atoms with Gasteiger partial charge in [-0.1, -0.05) is 29.8 Å². The number of fused-ring (bicyclic) bond motifs is 1. The van der Waals surface area contributed by atoms with E-state index in [4.69, 9.17) is 16.0 Å². The minimum atomic E-state index is -0.398. The number of halogens is 2. The summed E-state index contributed by atoms with van der Waals surface area (Å²) >= 11 is 5.88. The Hall–Kier alpha value is -2.33. The highest BCUT2D eigenvalue weighted by Crippen LogP contribution is 2.23. The molecular formula is C16H11ClFNO2. The van der Waals surface area contributed by atoms with Gasteiger partial charge >= 0.3 is 0 Å². The largest absolute Gasteiger partial charge is 0.451 e. The van der Waals surface area contributed by atoms with E-state index in [1.165, 1.54) is 6.07 Å². The van der Waals surface area contributed by atoms with Gasteiger partial charge in [-0.05, 0) is 30.3 Å². The first-order chi connectivity index (χ1) is 10.1. The molecule has 0 spiro atoms. The summed E-state index contributed by atoms with van der Waals surface area (Å²) in [7, 11) is 0. The van der Waals surface area contributed by atoms with Crippen LogP contribution in [0.3, 0.4) is 0 Å². The molecule has 0 aliphatic heterocycles. The van der Waals surface area contributed by atoms with Gasteiger partial charge in [0.05, 0.1) is 0 Å². The van der Waals surface area contributed by atoms with Crippen LogP contribution in [-0.2, 0) is 6.54 Å². The average molecular weight is 304 g/mol. The van der Waals surface area contributed by atoms with E-state index in [0.717, 1.165) is 5.39 Å². The fraction of sp³-hybridized carbons (Fsp3) is 0.0625. The van der Waals surface area contributed by atoms with Crippen LogP contribution in [0.15, 0.2) is 52.9 Å². The maximum atomic E-state index is 13.5. The van der Waals surface area contributed by atoms with Crippen molar-refractivity contribution in [2.45, 2.75) is 6.54 Å². The van der Waals surface area contributed by atoms with Gasteiger partial charge in [-0.15, -0.1) is 0 Å². The Morgan fingerprint density at radius 3 is 2.81 bits per heavy atom. The van der Waals surface area contributed by atoms with Crippen molar-refractivity contribution in [3.63, 3.8) is 0 Å². The van der Waals surface area contributed by atoms with E-state index in [0.29, 0.717) is 16.2 Å². The maximum absolute atomic E-state index is 13.5. The molecule has 106 valence electrons. The Morgan fingerprint density at radius 2 is 2.00 bits per heavy atom. The topological polar surface area (TPSA) is 42.2 Å². The van der Waals surface area contributed by atoms with Crippen molar-refractivity contribution in [3.05, 3.63) is 70.7 Å². The van der Waals surface area contributed by atoms with E-state index in [1.54, 1.807) is 42.5 Å². The summed E-state index contributed by atoms with van der Waals surface area (Å²) in [5.74, 6) is -0.580. The number of hydrogen-bond acceptors (Lipinski definition) is 2. The molecule has 1 N–H and O–H groups in total. The lowest BCUT2D eigenvalue weighted by Crippen LogP contribution is -2.22. The van der Waals surface area contributed by atoms with Crippen molar-refractivity contribution < 1.29 is 13.6 Å². The fourth-order valence-electron chi connectivity index (χ4n) is 2.03. The summed E-state index contributed by atoms with van der Waals surface area (Å²) in [6, 6.07) is 13.0. The van der Waals surface area contributed by atoms with E-state index in [2.05, 4.69) is 5.32 Å². The van der Waals surface area contributed by atoms with E-state index < -0.39 is 5.91 Å². The molecule has 3 aromatic rings. The van der Waals surface area contributed by atoms with Crippen LogP contribution >= 0.6 is 11.6 Å². The van der Waals surface area contributed by atoms with Gasteiger partial charge in [-0.3, -0.25) is 4.79 Å². The zero-order valence-corrected chi connectivity index (χ0v) is 11.7. The molecular weight excluding hydrogens is 293 g/mol. The molecule has 3 rings (SSSR count). The molecule has 0 bridgehead atoms. The number of hydrogen-bond donors (Lipinski definition) is 1. The molecule has 1 heterocycles. The fourth-order valence-corrected chi connectivity index (χ4v) is 2.21. The second-order valence-electron chi connectivity index (χ2n) is 4.57. The van der Waals surface area contributed by atoms with Gasteiger partial charge in [0.15, 0.2) is 5.76 Å². The molecule has 0 aliphatic carbocycles. The molecule has 5 heteroatoms. The third-order valence-corrected chi connectivity index (χ3v) is 3.33. The van der Waals surface area contributed by atoms with E-state index in [-0.39, 0.29) is 18.1 Å². The van der Waals surface area contributed by atoms with E-state index >= 15 is 0 Å². The van der Waals surface area contributed by atoms with E-state index in [1.807, 2.05) is 0 Å². The van der Waals surface area contributed by atoms with Crippen LogP contribution in [0.1, 0.15) is 16.1 Å². The van der Waals surface area contributed by atoms with Gasteiger partial charge < -0.3 is 9.73 Å². The molecule has 3 nitrogen and oxygen atoms in total. The predicted octanol–water partition coefficient (Wildman–Crippen LogP) is 4.16.